The summed E-state index contributed by atoms with van der Waals surface area (Å²) in [5.74, 6) is 1.03. The highest BCUT2D eigenvalue weighted by molar-refractivity contribution is 5.87. The maximum Gasteiger partial charge on any atom is 0.330 e. The number of unbranched alkanes of at least 4 members (excludes halogenated alkanes) is 4. The lowest BCUT2D eigenvalue weighted by Gasteiger charge is -2.31. The summed E-state index contributed by atoms with van der Waals surface area (Å²) in [6.07, 6.45) is 15.3. The molecule has 274 valence electrons. The molecule has 0 N–H and O–H groups in total. The number of hydrogen-bond acceptors (Lipinski definition) is 8. The summed E-state index contributed by atoms with van der Waals surface area (Å²) in [6.45, 7) is 16.1. The van der Waals surface area contributed by atoms with Crippen LogP contribution in [0.15, 0.2) is 24.3 Å². The van der Waals surface area contributed by atoms with Crippen molar-refractivity contribution in [3.8, 4) is 11.5 Å². The molecule has 0 bridgehead atoms. The van der Waals surface area contributed by atoms with Crippen LogP contribution in [0.1, 0.15) is 144 Å². The van der Waals surface area contributed by atoms with Crippen LogP contribution in [-0.4, -0.2) is 51.4 Å². The number of carbonyl (C=O) groups is 3. The third-order valence-corrected chi connectivity index (χ3v) is 9.43. The Morgan fingerprint density at radius 3 is 2.02 bits per heavy atom. The lowest BCUT2D eigenvalue weighted by Crippen LogP contribution is -2.33. The Morgan fingerprint density at radius 1 is 0.750 bits per heavy atom. The number of methoxy groups -OCH3 is 1. The molecule has 0 aliphatic carbocycles. The van der Waals surface area contributed by atoms with Gasteiger partial charge in [0.25, 0.3) is 0 Å². The zero-order valence-electron chi connectivity index (χ0n) is 31.5. The van der Waals surface area contributed by atoms with Crippen molar-refractivity contribution in [2.45, 2.75) is 138 Å². The third kappa shape index (κ3) is 15.9. The second-order valence-corrected chi connectivity index (χ2v) is 13.5. The first-order valence-corrected chi connectivity index (χ1v) is 18.5. The van der Waals surface area contributed by atoms with E-state index in [1.165, 1.54) is 6.08 Å². The first-order valence-electron chi connectivity index (χ1n) is 18.5. The van der Waals surface area contributed by atoms with Crippen LogP contribution < -0.4 is 9.47 Å². The summed E-state index contributed by atoms with van der Waals surface area (Å²) >= 11 is 0. The van der Waals surface area contributed by atoms with Crippen LogP contribution in [0.3, 0.4) is 0 Å². The normalized spacial score (nSPS) is 14.5. The van der Waals surface area contributed by atoms with E-state index in [1.54, 1.807) is 19.3 Å². The largest absolute Gasteiger partial charge is 0.493 e. The fraction of sp³-hybridized carbons (Fsp3) is 0.725. The van der Waals surface area contributed by atoms with E-state index in [0.717, 1.165) is 76.2 Å². The fourth-order valence-corrected chi connectivity index (χ4v) is 5.79. The first kappa shape index (κ1) is 43.0. The predicted molar refractivity (Wildman–Crippen MR) is 193 cm³/mol. The topological polar surface area (TPSA) is 97.4 Å². The van der Waals surface area contributed by atoms with Crippen molar-refractivity contribution in [3.05, 3.63) is 29.8 Å². The molecule has 0 aromatic heterocycles. The maximum atomic E-state index is 13.2. The highest BCUT2D eigenvalue weighted by atomic mass is 16.5. The van der Waals surface area contributed by atoms with Crippen molar-refractivity contribution in [2.75, 3.05) is 33.5 Å². The van der Waals surface area contributed by atoms with Crippen molar-refractivity contribution in [2.24, 2.45) is 16.7 Å². The van der Waals surface area contributed by atoms with E-state index in [0.29, 0.717) is 63.1 Å². The van der Waals surface area contributed by atoms with Crippen LogP contribution in [0.25, 0.3) is 6.08 Å². The predicted octanol–water partition coefficient (Wildman–Crippen LogP) is 9.91. The molecular formula is C40H66O8. The van der Waals surface area contributed by atoms with Gasteiger partial charge in [-0.05, 0) is 108 Å². The van der Waals surface area contributed by atoms with Gasteiger partial charge in [-0.2, -0.15) is 0 Å². The number of rotatable bonds is 27. The average Bonchev–Trinajstić information content (AvgIpc) is 3.08. The summed E-state index contributed by atoms with van der Waals surface area (Å²) in [7, 11) is 1.59. The van der Waals surface area contributed by atoms with E-state index in [-0.39, 0.29) is 11.9 Å². The number of ether oxygens (including phenoxy) is 5. The van der Waals surface area contributed by atoms with E-state index in [9.17, 15) is 14.4 Å². The molecule has 8 heteroatoms. The molecule has 0 amide bonds. The van der Waals surface area contributed by atoms with Gasteiger partial charge in [0.15, 0.2) is 11.5 Å². The van der Waals surface area contributed by atoms with Gasteiger partial charge in [-0.25, -0.2) is 4.79 Å². The highest BCUT2D eigenvalue weighted by Crippen LogP contribution is 2.37. The smallest absolute Gasteiger partial charge is 0.330 e. The molecule has 1 rings (SSSR count). The van der Waals surface area contributed by atoms with Gasteiger partial charge in [-0.15, -0.1) is 0 Å². The van der Waals surface area contributed by atoms with Crippen LogP contribution in [0.2, 0.25) is 0 Å². The van der Waals surface area contributed by atoms with Gasteiger partial charge >= 0.3 is 17.9 Å². The van der Waals surface area contributed by atoms with E-state index >= 15 is 0 Å². The van der Waals surface area contributed by atoms with E-state index in [4.69, 9.17) is 23.7 Å². The van der Waals surface area contributed by atoms with Gasteiger partial charge in [0.2, 0.25) is 0 Å². The number of carbonyl (C=O) groups excluding carboxylic acids is 3. The van der Waals surface area contributed by atoms with Crippen LogP contribution in [0, 0.1) is 16.7 Å². The second kappa shape index (κ2) is 24.2. The van der Waals surface area contributed by atoms with Crippen molar-refractivity contribution in [3.63, 3.8) is 0 Å². The highest BCUT2D eigenvalue weighted by Gasteiger charge is 2.37. The second-order valence-electron chi connectivity index (χ2n) is 13.5. The molecule has 3 atom stereocenters. The molecule has 0 spiro atoms. The van der Waals surface area contributed by atoms with Gasteiger partial charge in [0.05, 0.1) is 44.4 Å². The van der Waals surface area contributed by atoms with Crippen LogP contribution in [0.5, 0.6) is 11.5 Å². The Kier molecular flexibility index (Phi) is 21.6. The lowest BCUT2D eigenvalue weighted by molar-refractivity contribution is -0.158. The van der Waals surface area contributed by atoms with Crippen LogP contribution in [0.4, 0.5) is 0 Å². The molecule has 48 heavy (non-hydrogen) atoms. The molecule has 0 aliphatic rings. The quantitative estimate of drug-likeness (QED) is 0.0394. The van der Waals surface area contributed by atoms with Gasteiger partial charge in [-0.3, -0.25) is 9.59 Å². The zero-order valence-corrected chi connectivity index (χ0v) is 31.5. The minimum Gasteiger partial charge on any atom is -0.493 e. The van der Waals surface area contributed by atoms with Gasteiger partial charge in [0.1, 0.15) is 0 Å². The number of esters is 3. The SMILES string of the molecule is CCCCC(CC)COC(=O)C(C)(CCC)CCCC(C)(CC)C(=O)OCCCCCCOC(=O)C=Cc1ccc(OC)c(OCC)c1. The minimum absolute atomic E-state index is 0.101. The fourth-order valence-electron chi connectivity index (χ4n) is 5.79. The molecule has 1 aromatic carbocycles. The summed E-state index contributed by atoms with van der Waals surface area (Å²) in [4.78, 5) is 38.4. The van der Waals surface area contributed by atoms with Gasteiger partial charge in [0, 0.05) is 6.08 Å². The van der Waals surface area contributed by atoms with Crippen LogP contribution >= 0.6 is 0 Å². The van der Waals surface area contributed by atoms with E-state index in [1.807, 2.05) is 39.8 Å². The van der Waals surface area contributed by atoms with Crippen molar-refractivity contribution < 1.29 is 38.1 Å². The maximum absolute atomic E-state index is 13.2. The standard InChI is InChI=1S/C40H66O8/c1-9-14-20-32(11-3)31-48-38(43)40(7,25-10-2)27-19-26-39(6,12-4)37(42)47-29-18-16-15-17-28-46-36(41)24-22-33-21-23-34(44-8)35(30-33)45-13-5/h21-24,30,32H,9-20,25-29,31H2,1-8H3. The molecule has 0 saturated heterocycles. The molecule has 3 unspecified atom stereocenters. The Bertz CT molecular complexity index is 1100. The molecule has 1 aromatic rings. The molecule has 0 saturated carbocycles. The monoisotopic (exact) mass is 674 g/mol. The molecule has 8 nitrogen and oxygen atoms in total. The Morgan fingerprint density at radius 2 is 1.42 bits per heavy atom. The summed E-state index contributed by atoms with van der Waals surface area (Å²) < 4.78 is 27.8. The Labute approximate surface area is 291 Å². The van der Waals surface area contributed by atoms with E-state index in [2.05, 4.69) is 20.8 Å². The summed E-state index contributed by atoms with van der Waals surface area (Å²) in [5.41, 5.74) is -0.299. The lowest BCUT2D eigenvalue weighted by atomic mass is 9.76. The van der Waals surface area contributed by atoms with Crippen molar-refractivity contribution in [1.82, 2.24) is 0 Å². The summed E-state index contributed by atoms with van der Waals surface area (Å²) in [6, 6.07) is 5.47. The average molecular weight is 675 g/mol. The molecule has 0 aliphatic heterocycles. The molecule has 0 heterocycles. The first-order chi connectivity index (χ1) is 23.0. The summed E-state index contributed by atoms with van der Waals surface area (Å²) in [5, 5.41) is 0. The number of hydrogen-bond donors (Lipinski definition) is 0. The molecular weight excluding hydrogens is 608 g/mol. The van der Waals surface area contributed by atoms with Gasteiger partial charge in [-0.1, -0.05) is 65.9 Å². The van der Waals surface area contributed by atoms with Crippen LogP contribution in [-0.2, 0) is 28.6 Å². The van der Waals surface area contributed by atoms with Gasteiger partial charge < -0.3 is 23.7 Å². The zero-order chi connectivity index (χ0) is 35.8. The molecule has 0 radical (unpaired) electrons. The minimum atomic E-state index is -0.581. The van der Waals surface area contributed by atoms with E-state index < -0.39 is 16.8 Å². The Balaban J connectivity index is 2.39. The molecule has 0 fully saturated rings. The third-order valence-electron chi connectivity index (χ3n) is 9.43. The van der Waals surface area contributed by atoms with Crippen molar-refractivity contribution >= 4 is 24.0 Å². The number of benzene rings is 1. The van der Waals surface area contributed by atoms with Crippen molar-refractivity contribution in [1.29, 1.82) is 0 Å². The Hall–Kier alpha value is -3.03.